The van der Waals surface area contributed by atoms with Crippen molar-refractivity contribution >= 4 is 11.6 Å². The third-order valence-corrected chi connectivity index (χ3v) is 1.92. The van der Waals surface area contributed by atoms with Crippen molar-refractivity contribution in [2.75, 3.05) is 6.61 Å². The second kappa shape index (κ2) is 5.64. The predicted molar refractivity (Wildman–Crippen MR) is 54.6 cm³/mol. The van der Waals surface area contributed by atoms with Gasteiger partial charge in [0.05, 0.1) is 5.02 Å². The molecule has 1 rings (SSSR count). The van der Waals surface area contributed by atoms with E-state index in [2.05, 4.69) is 11.8 Å². The van der Waals surface area contributed by atoms with Gasteiger partial charge in [0.1, 0.15) is 5.82 Å². The molecule has 0 aliphatic heterocycles. The van der Waals surface area contributed by atoms with Gasteiger partial charge in [-0.25, -0.2) is 4.39 Å². The van der Waals surface area contributed by atoms with Crippen molar-refractivity contribution < 1.29 is 9.50 Å². The minimum Gasteiger partial charge on any atom is -0.396 e. The van der Waals surface area contributed by atoms with E-state index in [9.17, 15) is 4.39 Å². The molecular weight excluding hydrogens is 203 g/mol. The van der Waals surface area contributed by atoms with E-state index in [1.807, 2.05) is 0 Å². The van der Waals surface area contributed by atoms with Gasteiger partial charge in [-0.1, -0.05) is 23.4 Å². The average molecular weight is 213 g/mol. The van der Waals surface area contributed by atoms with Gasteiger partial charge in [0.15, 0.2) is 0 Å². The summed E-state index contributed by atoms with van der Waals surface area (Å²) in [7, 11) is 0. The van der Waals surface area contributed by atoms with Gasteiger partial charge >= 0.3 is 0 Å². The van der Waals surface area contributed by atoms with E-state index in [1.165, 1.54) is 12.1 Å². The van der Waals surface area contributed by atoms with Crippen molar-refractivity contribution in [3.05, 3.63) is 34.6 Å². The number of aliphatic hydroxyl groups excluding tert-OH is 1. The first kappa shape index (κ1) is 11.0. The Kier molecular flexibility index (Phi) is 4.45. The summed E-state index contributed by atoms with van der Waals surface area (Å²) in [4.78, 5) is 0. The fourth-order valence-electron chi connectivity index (χ4n) is 0.906. The van der Waals surface area contributed by atoms with Crippen molar-refractivity contribution in [2.45, 2.75) is 12.8 Å². The lowest BCUT2D eigenvalue weighted by atomic mass is 10.2. The maximum Gasteiger partial charge on any atom is 0.143 e. The van der Waals surface area contributed by atoms with Gasteiger partial charge in [0.25, 0.3) is 0 Å². The van der Waals surface area contributed by atoms with E-state index in [0.717, 1.165) is 0 Å². The van der Waals surface area contributed by atoms with Gasteiger partial charge in [-0.05, 0) is 24.6 Å². The average Bonchev–Trinajstić information content (AvgIpc) is 2.18. The number of hydrogen-bond donors (Lipinski definition) is 1. The Morgan fingerprint density at radius 3 is 2.86 bits per heavy atom. The quantitative estimate of drug-likeness (QED) is 0.590. The SMILES string of the molecule is OCCCC#Cc1ccc(Cl)c(F)c1. The molecule has 3 heteroatoms. The number of rotatable bonds is 2. The van der Waals surface area contributed by atoms with Crippen molar-refractivity contribution in [3.8, 4) is 11.8 Å². The number of hydrogen-bond acceptors (Lipinski definition) is 1. The van der Waals surface area contributed by atoms with Crippen LogP contribution in [-0.2, 0) is 0 Å². The van der Waals surface area contributed by atoms with E-state index in [1.54, 1.807) is 6.07 Å². The molecule has 1 nitrogen and oxygen atoms in total. The van der Waals surface area contributed by atoms with E-state index < -0.39 is 5.82 Å². The largest absolute Gasteiger partial charge is 0.396 e. The molecule has 0 unspecified atom stereocenters. The van der Waals surface area contributed by atoms with Crippen LogP contribution in [0.1, 0.15) is 18.4 Å². The Hall–Kier alpha value is -1.04. The number of unbranched alkanes of at least 4 members (excludes halogenated alkanes) is 1. The second-order valence-corrected chi connectivity index (χ2v) is 3.17. The third kappa shape index (κ3) is 3.37. The summed E-state index contributed by atoms with van der Waals surface area (Å²) < 4.78 is 12.9. The smallest absolute Gasteiger partial charge is 0.143 e. The standard InChI is InChI=1S/C11H10ClFO/c12-10-6-5-9(8-11(10)13)4-2-1-3-7-14/h5-6,8,14H,1,3,7H2. The zero-order chi connectivity index (χ0) is 10.4. The van der Waals surface area contributed by atoms with Gasteiger partial charge in [0, 0.05) is 18.6 Å². The van der Waals surface area contributed by atoms with Crippen LogP contribution in [0.2, 0.25) is 5.02 Å². The molecular formula is C11H10ClFO. The Morgan fingerprint density at radius 2 is 2.21 bits per heavy atom. The summed E-state index contributed by atoms with van der Waals surface area (Å²) in [5.74, 6) is 5.16. The number of halogens is 2. The Bertz CT molecular complexity index is 365. The molecule has 0 spiro atoms. The first-order valence-electron chi connectivity index (χ1n) is 4.29. The van der Waals surface area contributed by atoms with E-state index >= 15 is 0 Å². The van der Waals surface area contributed by atoms with E-state index in [0.29, 0.717) is 18.4 Å². The summed E-state index contributed by atoms with van der Waals surface area (Å²) in [6.07, 6.45) is 1.25. The highest BCUT2D eigenvalue weighted by Crippen LogP contribution is 2.14. The van der Waals surface area contributed by atoms with Gasteiger partial charge in [-0.15, -0.1) is 0 Å². The van der Waals surface area contributed by atoms with Crippen LogP contribution in [0.5, 0.6) is 0 Å². The topological polar surface area (TPSA) is 20.2 Å². The molecule has 0 radical (unpaired) electrons. The molecule has 0 aliphatic rings. The van der Waals surface area contributed by atoms with Gasteiger partial charge in [0.2, 0.25) is 0 Å². The third-order valence-electron chi connectivity index (χ3n) is 1.61. The lowest BCUT2D eigenvalue weighted by Crippen LogP contribution is -1.81. The molecule has 14 heavy (non-hydrogen) atoms. The first-order valence-corrected chi connectivity index (χ1v) is 4.66. The van der Waals surface area contributed by atoms with Crippen LogP contribution in [0.25, 0.3) is 0 Å². The zero-order valence-corrected chi connectivity index (χ0v) is 8.31. The Labute approximate surface area is 87.5 Å². The Balaban J connectivity index is 2.66. The van der Waals surface area contributed by atoms with Crippen molar-refractivity contribution in [1.29, 1.82) is 0 Å². The molecule has 0 aliphatic carbocycles. The molecule has 0 saturated carbocycles. The lowest BCUT2D eigenvalue weighted by molar-refractivity contribution is 0.290. The van der Waals surface area contributed by atoms with Crippen molar-refractivity contribution in [2.24, 2.45) is 0 Å². The molecule has 74 valence electrons. The molecule has 1 aromatic carbocycles. The maximum absolute atomic E-state index is 12.9. The summed E-state index contributed by atoms with van der Waals surface area (Å²) in [6.45, 7) is 0.129. The van der Waals surface area contributed by atoms with Gasteiger partial charge in [-0.3, -0.25) is 0 Å². The van der Waals surface area contributed by atoms with Crippen LogP contribution in [0.3, 0.4) is 0 Å². The van der Waals surface area contributed by atoms with Gasteiger partial charge < -0.3 is 5.11 Å². The molecule has 0 bridgehead atoms. The fourth-order valence-corrected chi connectivity index (χ4v) is 1.02. The monoisotopic (exact) mass is 212 g/mol. The van der Waals surface area contributed by atoms with Crippen LogP contribution >= 0.6 is 11.6 Å². The molecule has 0 amide bonds. The van der Waals surface area contributed by atoms with Crippen LogP contribution in [0.4, 0.5) is 4.39 Å². The van der Waals surface area contributed by atoms with E-state index in [4.69, 9.17) is 16.7 Å². The molecule has 0 fully saturated rings. The Morgan fingerprint density at radius 1 is 1.43 bits per heavy atom. The molecule has 0 atom stereocenters. The highest BCUT2D eigenvalue weighted by atomic mass is 35.5. The van der Waals surface area contributed by atoms with Gasteiger partial charge in [-0.2, -0.15) is 0 Å². The van der Waals surface area contributed by atoms with Crippen LogP contribution in [0, 0.1) is 17.7 Å². The summed E-state index contributed by atoms with van der Waals surface area (Å²) >= 11 is 5.51. The van der Waals surface area contributed by atoms with Crippen LogP contribution in [0.15, 0.2) is 18.2 Å². The molecule has 0 heterocycles. The van der Waals surface area contributed by atoms with E-state index in [-0.39, 0.29) is 11.6 Å². The van der Waals surface area contributed by atoms with Crippen molar-refractivity contribution in [3.63, 3.8) is 0 Å². The normalized spacial score (nSPS) is 9.36. The first-order chi connectivity index (χ1) is 6.74. The lowest BCUT2D eigenvalue weighted by Gasteiger charge is -1.93. The fraction of sp³-hybridized carbons (Fsp3) is 0.273. The summed E-state index contributed by atoms with van der Waals surface area (Å²) in [6, 6.07) is 4.44. The second-order valence-electron chi connectivity index (χ2n) is 2.76. The summed E-state index contributed by atoms with van der Waals surface area (Å²) in [5.41, 5.74) is 0.602. The zero-order valence-electron chi connectivity index (χ0n) is 7.56. The minimum atomic E-state index is -0.458. The molecule has 0 saturated heterocycles. The highest BCUT2D eigenvalue weighted by molar-refractivity contribution is 6.30. The van der Waals surface area contributed by atoms with Crippen molar-refractivity contribution in [1.82, 2.24) is 0 Å². The van der Waals surface area contributed by atoms with Crippen LogP contribution in [-0.4, -0.2) is 11.7 Å². The highest BCUT2D eigenvalue weighted by Gasteiger charge is 1.97. The number of benzene rings is 1. The maximum atomic E-state index is 12.9. The minimum absolute atomic E-state index is 0.103. The summed E-state index contributed by atoms with van der Waals surface area (Å²) in [5, 5.41) is 8.60. The van der Waals surface area contributed by atoms with Crippen LogP contribution < -0.4 is 0 Å². The molecule has 1 aromatic rings. The number of aliphatic hydroxyl groups is 1. The molecule has 1 N–H and O–H groups in total. The molecule has 0 aromatic heterocycles. The predicted octanol–water partition coefficient (Wildman–Crippen LogP) is 2.60.